The van der Waals surface area contributed by atoms with Gasteiger partial charge in [-0.2, -0.15) is 0 Å². The Bertz CT molecular complexity index is 284. The van der Waals surface area contributed by atoms with Crippen molar-refractivity contribution in [1.82, 2.24) is 4.98 Å². The Morgan fingerprint density at radius 2 is 1.77 bits per heavy atom. The first kappa shape index (κ1) is 17.7. The van der Waals surface area contributed by atoms with Crippen molar-refractivity contribution < 1.29 is 21.2 Å². The van der Waals surface area contributed by atoms with E-state index in [1.165, 1.54) is 13.0 Å². The average Bonchev–Trinajstić information content (AvgIpc) is 1.82. The van der Waals surface area contributed by atoms with Crippen LogP contribution in [-0.2, 0) is 0 Å². The van der Waals surface area contributed by atoms with Crippen LogP contribution in [0.3, 0.4) is 0 Å². The Morgan fingerprint density at radius 1 is 1.31 bits per heavy atom. The van der Waals surface area contributed by atoms with Crippen LogP contribution >= 0.6 is 12.4 Å². The normalized spacial score (nSPS) is 7.46. The highest BCUT2D eigenvalue weighted by Crippen LogP contribution is 2.22. The predicted molar refractivity (Wildman–Crippen MR) is 49.6 cm³/mol. The largest absolute Gasteiger partial charge is 0.503 e. The maximum absolute atomic E-state index is 10.5. The first-order chi connectivity index (χ1) is 4.61. The Labute approximate surface area is 79.9 Å². The zero-order valence-electron chi connectivity index (χ0n) is 6.79. The molecule has 7 N–H and O–H groups in total. The van der Waals surface area contributed by atoms with Gasteiger partial charge in [-0.1, -0.05) is 0 Å². The van der Waals surface area contributed by atoms with Gasteiger partial charge in [-0.05, 0) is 6.92 Å². The second-order valence-corrected chi connectivity index (χ2v) is 2.01. The molecule has 1 aromatic heterocycles. The number of aromatic hydroxyl groups is 2. The number of nitrogens with one attached hydrogen (secondary N) is 1. The van der Waals surface area contributed by atoms with Crippen molar-refractivity contribution in [3.05, 3.63) is 22.0 Å². The lowest BCUT2D eigenvalue weighted by Crippen LogP contribution is -2.03. The Balaban J connectivity index is -0.000000333. The van der Waals surface area contributed by atoms with Crippen molar-refractivity contribution in [1.29, 1.82) is 0 Å². The van der Waals surface area contributed by atoms with E-state index in [0.717, 1.165) is 0 Å². The van der Waals surface area contributed by atoms with Crippen molar-refractivity contribution >= 4 is 12.4 Å². The molecular formula is C6H12ClNO5. The summed E-state index contributed by atoms with van der Waals surface area (Å²) in [5, 5.41) is 17.7. The molecule has 0 radical (unpaired) electrons. The molecule has 0 aromatic carbocycles. The van der Waals surface area contributed by atoms with E-state index in [1.807, 2.05) is 4.98 Å². The second-order valence-electron chi connectivity index (χ2n) is 2.01. The molecule has 0 saturated heterocycles. The van der Waals surface area contributed by atoms with Crippen molar-refractivity contribution in [3.8, 4) is 11.6 Å². The number of aryl methyl sites for hydroxylation is 1. The highest BCUT2D eigenvalue weighted by atomic mass is 35.5. The molecule has 13 heavy (non-hydrogen) atoms. The Morgan fingerprint density at radius 3 is 2.15 bits per heavy atom. The zero-order valence-corrected chi connectivity index (χ0v) is 7.60. The molecule has 0 spiro atoms. The monoisotopic (exact) mass is 213 g/mol. The summed E-state index contributed by atoms with van der Waals surface area (Å²) < 4.78 is 0. The number of hydrogen-bond donors (Lipinski definition) is 3. The SMILES string of the molecule is Cc1cc(=O)[nH]c(O)c1O.Cl.O.O. The topological polar surface area (TPSA) is 136 Å². The molecule has 0 atom stereocenters. The second kappa shape index (κ2) is 6.30. The van der Waals surface area contributed by atoms with E-state index < -0.39 is 11.4 Å². The molecule has 78 valence electrons. The molecule has 1 aromatic rings. The molecule has 0 aliphatic carbocycles. The lowest BCUT2D eigenvalue weighted by molar-refractivity contribution is 0.385. The first-order valence-electron chi connectivity index (χ1n) is 2.73. The fourth-order valence-electron chi connectivity index (χ4n) is 0.664. The van der Waals surface area contributed by atoms with Gasteiger partial charge in [0.25, 0.3) is 5.56 Å². The molecule has 0 bridgehead atoms. The number of H-pyrrole nitrogens is 1. The molecule has 0 aliphatic rings. The van der Waals surface area contributed by atoms with Gasteiger partial charge in [0.1, 0.15) is 0 Å². The summed E-state index contributed by atoms with van der Waals surface area (Å²) in [6.07, 6.45) is 0. The molecule has 0 aliphatic heterocycles. The summed E-state index contributed by atoms with van der Waals surface area (Å²) in [6, 6.07) is 1.20. The summed E-state index contributed by atoms with van der Waals surface area (Å²) >= 11 is 0. The lowest BCUT2D eigenvalue weighted by atomic mass is 10.3. The molecule has 0 amide bonds. The summed E-state index contributed by atoms with van der Waals surface area (Å²) in [5.41, 5.74) is -0.0611. The van der Waals surface area contributed by atoms with Crippen molar-refractivity contribution in [2.24, 2.45) is 0 Å². The van der Waals surface area contributed by atoms with Crippen molar-refractivity contribution in [2.75, 3.05) is 0 Å². The van der Waals surface area contributed by atoms with Gasteiger partial charge < -0.3 is 21.2 Å². The fraction of sp³-hybridized carbons (Fsp3) is 0.167. The third-order valence-electron chi connectivity index (χ3n) is 1.19. The van der Waals surface area contributed by atoms with Crippen molar-refractivity contribution in [2.45, 2.75) is 6.92 Å². The molecular weight excluding hydrogens is 202 g/mol. The van der Waals surface area contributed by atoms with Gasteiger partial charge in [-0.15, -0.1) is 12.4 Å². The van der Waals surface area contributed by atoms with Crippen LogP contribution in [0.5, 0.6) is 11.6 Å². The molecule has 6 nitrogen and oxygen atoms in total. The van der Waals surface area contributed by atoms with Gasteiger partial charge in [0, 0.05) is 11.6 Å². The number of halogens is 1. The Kier molecular flexibility index (Phi) is 8.59. The van der Waals surface area contributed by atoms with E-state index in [9.17, 15) is 4.79 Å². The fourth-order valence-corrected chi connectivity index (χ4v) is 0.664. The van der Waals surface area contributed by atoms with Crippen LogP contribution < -0.4 is 5.56 Å². The van der Waals surface area contributed by atoms with Crippen LogP contribution in [0.25, 0.3) is 0 Å². The molecule has 0 unspecified atom stereocenters. The van der Waals surface area contributed by atoms with Gasteiger partial charge >= 0.3 is 0 Å². The third-order valence-corrected chi connectivity index (χ3v) is 1.19. The molecule has 0 fully saturated rings. The minimum atomic E-state index is -0.481. The maximum Gasteiger partial charge on any atom is 0.251 e. The molecule has 0 saturated carbocycles. The summed E-state index contributed by atoms with van der Waals surface area (Å²) in [6.45, 7) is 1.53. The minimum Gasteiger partial charge on any atom is -0.503 e. The van der Waals surface area contributed by atoms with Crippen LogP contribution in [0.4, 0.5) is 0 Å². The zero-order chi connectivity index (χ0) is 7.72. The van der Waals surface area contributed by atoms with Crippen molar-refractivity contribution in [3.63, 3.8) is 0 Å². The van der Waals surface area contributed by atoms with Crippen LogP contribution in [0, 0.1) is 6.92 Å². The summed E-state index contributed by atoms with van der Waals surface area (Å²) in [5.74, 6) is -0.760. The van der Waals surface area contributed by atoms with Crippen LogP contribution in [0.2, 0.25) is 0 Å². The molecule has 7 heteroatoms. The number of rotatable bonds is 0. The minimum absolute atomic E-state index is 0. The number of pyridine rings is 1. The Hall–Kier alpha value is -1.24. The van der Waals surface area contributed by atoms with E-state index >= 15 is 0 Å². The van der Waals surface area contributed by atoms with E-state index in [-0.39, 0.29) is 29.1 Å². The van der Waals surface area contributed by atoms with E-state index in [0.29, 0.717) is 5.56 Å². The van der Waals surface area contributed by atoms with E-state index in [1.54, 1.807) is 0 Å². The number of hydrogen-bond acceptors (Lipinski definition) is 3. The smallest absolute Gasteiger partial charge is 0.251 e. The first-order valence-corrected chi connectivity index (χ1v) is 2.73. The summed E-state index contributed by atoms with van der Waals surface area (Å²) in [4.78, 5) is 12.6. The van der Waals surface area contributed by atoms with Gasteiger partial charge in [-0.25, -0.2) is 0 Å². The number of aromatic amines is 1. The lowest BCUT2D eigenvalue weighted by Gasteiger charge is -1.97. The van der Waals surface area contributed by atoms with Crippen LogP contribution in [0.1, 0.15) is 5.56 Å². The average molecular weight is 214 g/mol. The van der Waals surface area contributed by atoms with Gasteiger partial charge in [0.15, 0.2) is 5.75 Å². The number of aromatic nitrogens is 1. The molecule has 1 heterocycles. The molecule has 1 rings (SSSR count). The van der Waals surface area contributed by atoms with E-state index in [2.05, 4.69) is 0 Å². The maximum atomic E-state index is 10.5. The standard InChI is InChI=1S/C6H7NO3.ClH.2H2O/c1-3-2-4(8)7-6(10)5(3)9;;;/h2,9H,1H3,(H2,7,8,10);1H;2*1H2. The van der Waals surface area contributed by atoms with Crippen LogP contribution in [-0.4, -0.2) is 26.1 Å². The van der Waals surface area contributed by atoms with Gasteiger partial charge in [-0.3, -0.25) is 9.78 Å². The highest BCUT2D eigenvalue weighted by molar-refractivity contribution is 5.85. The van der Waals surface area contributed by atoms with Crippen LogP contribution in [0.15, 0.2) is 10.9 Å². The van der Waals surface area contributed by atoms with Gasteiger partial charge in [0.05, 0.1) is 0 Å². The highest BCUT2D eigenvalue weighted by Gasteiger charge is 2.02. The van der Waals surface area contributed by atoms with Gasteiger partial charge in [0.2, 0.25) is 5.88 Å². The quantitative estimate of drug-likeness (QED) is 0.503. The third kappa shape index (κ3) is 3.79. The summed E-state index contributed by atoms with van der Waals surface area (Å²) in [7, 11) is 0. The predicted octanol–water partition coefficient (Wildman–Crippen LogP) is -1.13. The van der Waals surface area contributed by atoms with E-state index in [4.69, 9.17) is 10.2 Å².